The van der Waals surface area contributed by atoms with Gasteiger partial charge >= 0.3 is 5.97 Å². The van der Waals surface area contributed by atoms with Gasteiger partial charge in [-0.15, -0.1) is 0 Å². The van der Waals surface area contributed by atoms with Crippen LogP contribution < -0.4 is 15.0 Å². The van der Waals surface area contributed by atoms with Crippen molar-refractivity contribution in [3.63, 3.8) is 0 Å². The van der Waals surface area contributed by atoms with E-state index < -0.39 is 18.0 Å². The summed E-state index contributed by atoms with van der Waals surface area (Å²) in [5.74, 6) is -0.819. The number of carbonyl (C=O) groups excluding carboxylic acids is 2. The molecule has 0 aromatic heterocycles. The lowest BCUT2D eigenvalue weighted by molar-refractivity contribution is -0.155. The van der Waals surface area contributed by atoms with Gasteiger partial charge in [-0.25, -0.2) is 4.79 Å². The van der Waals surface area contributed by atoms with Crippen molar-refractivity contribution in [1.82, 2.24) is 0 Å². The highest BCUT2D eigenvalue weighted by Crippen LogP contribution is 2.22. The molecule has 1 aliphatic rings. The van der Waals surface area contributed by atoms with E-state index in [2.05, 4.69) is 10.2 Å². The summed E-state index contributed by atoms with van der Waals surface area (Å²) in [6.07, 6.45) is 2.70. The van der Waals surface area contributed by atoms with E-state index in [0.717, 1.165) is 18.8 Å². The third kappa shape index (κ3) is 5.74. The van der Waals surface area contributed by atoms with E-state index in [1.54, 1.807) is 24.3 Å². The number of anilines is 2. The summed E-state index contributed by atoms with van der Waals surface area (Å²) >= 11 is 0. The fraction of sp³-hybridized carbons (Fsp3) is 0.348. The molecule has 2 aromatic rings. The Labute approximate surface area is 176 Å². The molecule has 1 atom stereocenters. The number of amides is 1. The van der Waals surface area contributed by atoms with Crippen molar-refractivity contribution in [2.75, 3.05) is 29.9 Å². The minimum atomic E-state index is -0.978. The molecule has 7 nitrogen and oxygen atoms in total. The number of piperidine rings is 1. The van der Waals surface area contributed by atoms with Crippen molar-refractivity contribution >= 4 is 23.3 Å². The predicted molar refractivity (Wildman–Crippen MR) is 113 cm³/mol. The summed E-state index contributed by atoms with van der Waals surface area (Å²) in [5, 5.41) is 11.8. The summed E-state index contributed by atoms with van der Waals surface area (Å²) in [6.45, 7) is 3.22. The van der Waals surface area contributed by atoms with E-state index in [9.17, 15) is 9.59 Å². The zero-order chi connectivity index (χ0) is 21.3. The minimum absolute atomic E-state index is 0.294. The average Bonchev–Trinajstić information content (AvgIpc) is 2.79. The molecular weight excluding hydrogens is 382 g/mol. The molecule has 0 saturated carbocycles. The zero-order valence-electron chi connectivity index (χ0n) is 17.0. The molecule has 1 amide bonds. The standard InChI is InChI=1S/C23H25N3O4/c1-17(30-22(27)16-29-21-8-4-3-7-18(21)15-24)23(28)25-19-9-11-20(12-10-19)26-13-5-2-6-14-26/h3-4,7-12,17H,2,5-6,13-14,16H2,1H3,(H,25,28)/t17-/m1/s1. The maximum Gasteiger partial charge on any atom is 0.344 e. The first kappa shape index (κ1) is 21.2. The first-order valence-electron chi connectivity index (χ1n) is 10.0. The molecule has 1 N–H and O–H groups in total. The van der Waals surface area contributed by atoms with Crippen molar-refractivity contribution in [1.29, 1.82) is 5.26 Å². The first-order chi connectivity index (χ1) is 14.6. The van der Waals surface area contributed by atoms with Gasteiger partial charge in [-0.2, -0.15) is 5.26 Å². The van der Waals surface area contributed by atoms with Crippen molar-refractivity contribution in [3.05, 3.63) is 54.1 Å². The molecule has 0 spiro atoms. The Bertz CT molecular complexity index is 915. The van der Waals surface area contributed by atoms with Crippen LogP contribution in [0.4, 0.5) is 11.4 Å². The van der Waals surface area contributed by atoms with E-state index in [1.165, 1.54) is 26.2 Å². The second-order valence-electron chi connectivity index (χ2n) is 7.11. The molecular formula is C23H25N3O4. The van der Waals surface area contributed by atoms with Gasteiger partial charge in [-0.1, -0.05) is 12.1 Å². The molecule has 30 heavy (non-hydrogen) atoms. The second kappa shape index (κ2) is 10.3. The molecule has 0 bridgehead atoms. The van der Waals surface area contributed by atoms with Gasteiger partial charge in [0, 0.05) is 24.5 Å². The van der Waals surface area contributed by atoms with Crippen molar-refractivity contribution < 1.29 is 19.1 Å². The van der Waals surface area contributed by atoms with Crippen LogP contribution in [0.3, 0.4) is 0 Å². The van der Waals surface area contributed by atoms with E-state index in [-0.39, 0.29) is 6.61 Å². The SMILES string of the molecule is C[C@@H](OC(=O)COc1ccccc1C#N)C(=O)Nc1ccc(N2CCCCC2)cc1. The van der Waals surface area contributed by atoms with Crippen LogP contribution in [0.5, 0.6) is 5.75 Å². The number of carbonyl (C=O) groups is 2. The van der Waals surface area contributed by atoms with Crippen molar-refractivity contribution in [2.24, 2.45) is 0 Å². The Morgan fingerprint density at radius 3 is 2.50 bits per heavy atom. The van der Waals surface area contributed by atoms with Crippen LogP contribution >= 0.6 is 0 Å². The van der Waals surface area contributed by atoms with Gasteiger partial charge < -0.3 is 19.7 Å². The Balaban J connectivity index is 1.47. The maximum atomic E-state index is 12.3. The highest BCUT2D eigenvalue weighted by molar-refractivity contribution is 5.95. The van der Waals surface area contributed by atoms with Gasteiger partial charge in [0.1, 0.15) is 11.8 Å². The third-order valence-corrected chi connectivity index (χ3v) is 4.89. The number of nitriles is 1. The van der Waals surface area contributed by atoms with Crippen LogP contribution in [0.15, 0.2) is 48.5 Å². The third-order valence-electron chi connectivity index (χ3n) is 4.89. The molecule has 1 aliphatic heterocycles. The number of para-hydroxylation sites is 1. The summed E-state index contributed by atoms with van der Waals surface area (Å²) < 4.78 is 10.5. The lowest BCUT2D eigenvalue weighted by atomic mass is 10.1. The first-order valence-corrected chi connectivity index (χ1v) is 10.0. The van der Waals surface area contributed by atoms with Crippen molar-refractivity contribution in [2.45, 2.75) is 32.3 Å². The largest absolute Gasteiger partial charge is 0.481 e. The van der Waals surface area contributed by atoms with E-state index >= 15 is 0 Å². The topological polar surface area (TPSA) is 91.7 Å². The van der Waals surface area contributed by atoms with E-state index in [4.69, 9.17) is 14.7 Å². The second-order valence-corrected chi connectivity index (χ2v) is 7.11. The molecule has 156 valence electrons. The lowest BCUT2D eigenvalue weighted by Gasteiger charge is -2.28. The number of nitrogens with one attached hydrogen (secondary N) is 1. The maximum absolute atomic E-state index is 12.3. The van der Waals surface area contributed by atoms with Gasteiger partial charge in [0.25, 0.3) is 5.91 Å². The molecule has 1 saturated heterocycles. The van der Waals surface area contributed by atoms with Crippen LogP contribution in [0.25, 0.3) is 0 Å². The molecule has 1 heterocycles. The van der Waals surface area contributed by atoms with Crippen LogP contribution in [0.1, 0.15) is 31.7 Å². The smallest absolute Gasteiger partial charge is 0.344 e. The van der Waals surface area contributed by atoms with E-state index in [0.29, 0.717) is 17.0 Å². The fourth-order valence-electron chi connectivity index (χ4n) is 3.26. The molecule has 0 unspecified atom stereocenters. The number of rotatable bonds is 7. The van der Waals surface area contributed by atoms with Gasteiger partial charge in [-0.05, 0) is 62.6 Å². The minimum Gasteiger partial charge on any atom is -0.481 e. The van der Waals surface area contributed by atoms with Gasteiger partial charge in [-0.3, -0.25) is 4.79 Å². The number of ether oxygens (including phenoxy) is 2. The zero-order valence-corrected chi connectivity index (χ0v) is 17.0. The quantitative estimate of drug-likeness (QED) is 0.707. The Hall–Kier alpha value is -3.53. The molecule has 3 rings (SSSR count). The fourth-order valence-corrected chi connectivity index (χ4v) is 3.26. The predicted octanol–water partition coefficient (Wildman–Crippen LogP) is 3.50. The Morgan fingerprint density at radius 2 is 1.80 bits per heavy atom. The van der Waals surface area contributed by atoms with Crippen LogP contribution in [0, 0.1) is 11.3 Å². The normalized spacial score (nSPS) is 14.3. The van der Waals surface area contributed by atoms with Crippen molar-refractivity contribution in [3.8, 4) is 11.8 Å². The Morgan fingerprint density at radius 1 is 1.10 bits per heavy atom. The summed E-state index contributed by atoms with van der Waals surface area (Å²) in [4.78, 5) is 26.7. The Kier molecular flexibility index (Phi) is 7.28. The van der Waals surface area contributed by atoms with Crippen LogP contribution in [-0.4, -0.2) is 37.7 Å². The van der Waals surface area contributed by atoms with Gasteiger partial charge in [0.15, 0.2) is 12.7 Å². The number of nitrogens with zero attached hydrogens (tertiary/aromatic N) is 2. The highest BCUT2D eigenvalue weighted by atomic mass is 16.6. The molecule has 2 aromatic carbocycles. The molecule has 1 fully saturated rings. The van der Waals surface area contributed by atoms with Gasteiger partial charge in [0.05, 0.1) is 5.56 Å². The summed E-state index contributed by atoms with van der Waals surface area (Å²) in [5.41, 5.74) is 2.11. The summed E-state index contributed by atoms with van der Waals surface area (Å²) in [7, 11) is 0. The number of esters is 1. The number of hydrogen-bond donors (Lipinski definition) is 1. The number of benzene rings is 2. The molecule has 7 heteroatoms. The molecule has 0 aliphatic carbocycles. The van der Waals surface area contributed by atoms with E-state index in [1.807, 2.05) is 30.3 Å². The summed E-state index contributed by atoms with van der Waals surface area (Å²) in [6, 6.07) is 16.2. The number of hydrogen-bond acceptors (Lipinski definition) is 6. The lowest BCUT2D eigenvalue weighted by Crippen LogP contribution is -2.32. The van der Waals surface area contributed by atoms with Gasteiger partial charge in [0.2, 0.25) is 0 Å². The highest BCUT2D eigenvalue weighted by Gasteiger charge is 2.19. The molecule has 0 radical (unpaired) electrons. The van der Waals surface area contributed by atoms with Crippen LogP contribution in [0.2, 0.25) is 0 Å². The monoisotopic (exact) mass is 407 g/mol. The van der Waals surface area contributed by atoms with Crippen LogP contribution in [-0.2, 0) is 14.3 Å². The average molecular weight is 407 g/mol.